The molecule has 0 atom stereocenters. The molecule has 12 heteroatoms. The monoisotopic (exact) mass is 540 g/mol. The lowest BCUT2D eigenvalue weighted by molar-refractivity contribution is -0.142. The zero-order valence-electron chi connectivity index (χ0n) is 21.8. The van der Waals surface area contributed by atoms with Gasteiger partial charge >= 0.3 is 5.97 Å². The van der Waals surface area contributed by atoms with E-state index in [4.69, 9.17) is 10.5 Å². The number of esters is 1. The molecule has 1 aliphatic rings. The van der Waals surface area contributed by atoms with Gasteiger partial charge in [-0.2, -0.15) is 20.1 Å². The molecule has 0 aliphatic heterocycles. The number of rotatable bonds is 7. The van der Waals surface area contributed by atoms with Crippen molar-refractivity contribution in [3.63, 3.8) is 0 Å². The highest BCUT2D eigenvalue weighted by atomic mass is 19.1. The number of halogens is 1. The molecule has 0 radical (unpaired) electrons. The lowest BCUT2D eigenvalue weighted by Gasteiger charge is -2.17. The summed E-state index contributed by atoms with van der Waals surface area (Å²) in [5.41, 5.74) is 8.30. The Hall–Kier alpha value is -5.13. The van der Waals surface area contributed by atoms with Crippen molar-refractivity contribution in [2.24, 2.45) is 7.05 Å². The number of carbonyl (C=O) groups is 1. The summed E-state index contributed by atoms with van der Waals surface area (Å²) >= 11 is 0. The Morgan fingerprint density at radius 1 is 1.20 bits per heavy atom. The van der Waals surface area contributed by atoms with Crippen LogP contribution in [0, 0.1) is 5.82 Å². The molecule has 0 unspecified atom stereocenters. The molecule has 0 saturated heterocycles. The number of aromatic nitrogens is 6. The Kier molecular flexibility index (Phi) is 6.21. The fraction of sp³-hybridized carbons (Fsp3) is 0.214. The molecule has 2 aromatic carbocycles. The molecular weight excluding hydrogens is 515 g/mol. The molecule has 5 aromatic rings. The largest absolute Gasteiger partial charge is 0.461 e. The van der Waals surface area contributed by atoms with E-state index in [1.54, 1.807) is 54.6 Å². The third kappa shape index (κ3) is 4.86. The first-order valence-electron chi connectivity index (χ1n) is 12.6. The Morgan fingerprint density at radius 3 is 2.75 bits per heavy atom. The van der Waals surface area contributed by atoms with E-state index in [1.165, 1.54) is 17.6 Å². The number of nitrogens with one attached hydrogen (secondary N) is 1. The second-order valence-electron chi connectivity index (χ2n) is 9.68. The predicted octanol–water partition coefficient (Wildman–Crippen LogP) is 3.98. The molecule has 202 valence electrons. The first-order chi connectivity index (χ1) is 19.3. The number of nitrogens with two attached hydrogens (primary N) is 1. The summed E-state index contributed by atoms with van der Waals surface area (Å²) in [6, 6.07) is 10.2. The van der Waals surface area contributed by atoms with Crippen molar-refractivity contribution in [1.29, 1.82) is 0 Å². The van der Waals surface area contributed by atoms with Gasteiger partial charge in [-0.25, -0.2) is 4.39 Å². The van der Waals surface area contributed by atoms with Crippen LogP contribution in [0.25, 0.3) is 27.8 Å². The van der Waals surface area contributed by atoms with E-state index >= 15 is 4.39 Å². The van der Waals surface area contributed by atoms with E-state index in [9.17, 15) is 9.59 Å². The van der Waals surface area contributed by atoms with Gasteiger partial charge in [-0.15, -0.1) is 0 Å². The van der Waals surface area contributed by atoms with Crippen molar-refractivity contribution < 1.29 is 13.9 Å². The summed E-state index contributed by atoms with van der Waals surface area (Å²) < 4.78 is 23.5. The number of nitrogen functional groups attached to an aromatic ring is 1. The number of fused-ring (bicyclic) bond motifs is 1. The number of hydrogen-bond donors (Lipinski definition) is 2. The van der Waals surface area contributed by atoms with Gasteiger partial charge in [-0.05, 0) is 47.9 Å². The van der Waals surface area contributed by atoms with Gasteiger partial charge in [0.1, 0.15) is 12.4 Å². The van der Waals surface area contributed by atoms with Crippen molar-refractivity contribution in [2.75, 3.05) is 11.1 Å². The highest BCUT2D eigenvalue weighted by Crippen LogP contribution is 2.41. The SMILES string of the molecule is CC(=O)OCc1c(-c2nc(N)nc(Nc3cnn(C)c3)n2)cccc1-n1ccc2cc(C3CC3)cc(F)c2c1=O. The standard InChI is InChI=1S/C28H25FN8O3/c1-15(38)40-14-21-20(25-33-27(30)35-28(34-25)32-19-12-31-36(2)13-19)4-3-5-23(21)37-9-8-17-10-18(16-6-7-16)11-22(29)24(17)26(37)39/h3-5,8-13,16H,6-7,14H2,1-2H3,(H3,30,32,33,34,35). The number of pyridine rings is 1. The molecule has 3 heterocycles. The van der Waals surface area contributed by atoms with Crippen LogP contribution in [0.3, 0.4) is 0 Å². The fourth-order valence-corrected chi connectivity index (χ4v) is 4.71. The van der Waals surface area contributed by atoms with Crippen LogP contribution in [0.1, 0.15) is 36.8 Å². The quantitative estimate of drug-likeness (QED) is 0.293. The minimum Gasteiger partial charge on any atom is -0.461 e. The van der Waals surface area contributed by atoms with Crippen LogP contribution in [0.15, 0.2) is 59.8 Å². The maximum atomic E-state index is 15.2. The van der Waals surface area contributed by atoms with Gasteiger partial charge in [-0.1, -0.05) is 18.2 Å². The lowest BCUT2D eigenvalue weighted by Crippen LogP contribution is -2.21. The molecule has 1 fully saturated rings. The van der Waals surface area contributed by atoms with Crippen LogP contribution in [-0.2, 0) is 23.2 Å². The Morgan fingerprint density at radius 2 is 2.02 bits per heavy atom. The van der Waals surface area contributed by atoms with Crippen LogP contribution in [-0.4, -0.2) is 35.3 Å². The molecule has 40 heavy (non-hydrogen) atoms. The maximum Gasteiger partial charge on any atom is 0.302 e. The molecule has 11 nitrogen and oxygen atoms in total. The molecule has 6 rings (SSSR count). The van der Waals surface area contributed by atoms with E-state index < -0.39 is 17.3 Å². The molecular formula is C28H25FN8O3. The molecule has 0 bridgehead atoms. The van der Waals surface area contributed by atoms with Gasteiger partial charge in [0.05, 0.1) is 23.0 Å². The van der Waals surface area contributed by atoms with E-state index in [2.05, 4.69) is 25.4 Å². The molecule has 0 spiro atoms. The lowest BCUT2D eigenvalue weighted by atomic mass is 10.0. The van der Waals surface area contributed by atoms with Crippen molar-refractivity contribution in [3.8, 4) is 17.1 Å². The van der Waals surface area contributed by atoms with Crippen molar-refractivity contribution in [2.45, 2.75) is 32.3 Å². The topological polar surface area (TPSA) is 143 Å². The van der Waals surface area contributed by atoms with E-state index in [1.807, 2.05) is 6.07 Å². The molecule has 3 aromatic heterocycles. The van der Waals surface area contributed by atoms with Gasteiger partial charge in [-0.3, -0.25) is 18.8 Å². The van der Waals surface area contributed by atoms with Crippen LogP contribution in [0.4, 0.5) is 22.0 Å². The normalized spacial score (nSPS) is 13.0. The average molecular weight is 541 g/mol. The summed E-state index contributed by atoms with van der Waals surface area (Å²) in [7, 11) is 1.78. The van der Waals surface area contributed by atoms with Crippen LogP contribution in [0.2, 0.25) is 0 Å². The zero-order chi connectivity index (χ0) is 28.0. The molecule has 3 N–H and O–H groups in total. The van der Waals surface area contributed by atoms with E-state index in [-0.39, 0.29) is 29.7 Å². The van der Waals surface area contributed by atoms with Crippen LogP contribution < -0.4 is 16.6 Å². The fourth-order valence-electron chi connectivity index (χ4n) is 4.71. The minimum absolute atomic E-state index is 0.0110. The second-order valence-corrected chi connectivity index (χ2v) is 9.68. The Balaban J connectivity index is 1.49. The summed E-state index contributed by atoms with van der Waals surface area (Å²) in [4.78, 5) is 38.4. The molecule has 1 saturated carbocycles. The number of aryl methyl sites for hydroxylation is 1. The molecule has 0 amide bonds. The summed E-state index contributed by atoms with van der Waals surface area (Å²) in [5, 5.41) is 7.68. The third-order valence-corrected chi connectivity index (χ3v) is 6.71. The van der Waals surface area contributed by atoms with Gasteiger partial charge in [0.2, 0.25) is 11.9 Å². The highest BCUT2D eigenvalue weighted by molar-refractivity contribution is 5.83. The van der Waals surface area contributed by atoms with Crippen molar-refractivity contribution in [1.82, 2.24) is 29.3 Å². The summed E-state index contributed by atoms with van der Waals surface area (Å²) in [6.45, 7) is 1.10. The molecule has 1 aliphatic carbocycles. The summed E-state index contributed by atoms with van der Waals surface area (Å²) in [5.74, 6) is -0.407. The first-order valence-corrected chi connectivity index (χ1v) is 12.6. The van der Waals surface area contributed by atoms with Gasteiger partial charge in [0.15, 0.2) is 5.82 Å². The van der Waals surface area contributed by atoms with Gasteiger partial charge in [0, 0.05) is 37.5 Å². The number of hydrogen-bond acceptors (Lipinski definition) is 9. The van der Waals surface area contributed by atoms with Gasteiger partial charge in [0.25, 0.3) is 5.56 Å². The number of nitrogens with zero attached hydrogens (tertiary/aromatic N) is 6. The number of carbonyl (C=O) groups excluding carboxylic acids is 1. The maximum absolute atomic E-state index is 15.2. The zero-order valence-corrected chi connectivity index (χ0v) is 21.8. The van der Waals surface area contributed by atoms with Gasteiger partial charge < -0.3 is 15.8 Å². The summed E-state index contributed by atoms with van der Waals surface area (Å²) in [6.07, 6.45) is 6.98. The highest BCUT2D eigenvalue weighted by Gasteiger charge is 2.25. The van der Waals surface area contributed by atoms with E-state index in [0.29, 0.717) is 33.8 Å². The number of benzene rings is 2. The Bertz CT molecular complexity index is 1840. The number of anilines is 3. The van der Waals surface area contributed by atoms with E-state index in [0.717, 1.165) is 18.4 Å². The first kappa shape index (κ1) is 25.2. The van der Waals surface area contributed by atoms with Crippen molar-refractivity contribution >= 4 is 34.3 Å². The Labute approximate surface area is 227 Å². The predicted molar refractivity (Wildman–Crippen MR) is 147 cm³/mol. The number of ether oxygens (including phenoxy) is 1. The van der Waals surface area contributed by atoms with Crippen molar-refractivity contribution in [3.05, 3.63) is 82.3 Å². The smallest absolute Gasteiger partial charge is 0.302 e. The third-order valence-electron chi connectivity index (χ3n) is 6.71. The average Bonchev–Trinajstić information content (AvgIpc) is 3.69. The van der Waals surface area contributed by atoms with Crippen LogP contribution in [0.5, 0.6) is 0 Å². The van der Waals surface area contributed by atoms with Crippen LogP contribution >= 0.6 is 0 Å². The minimum atomic E-state index is -0.562. The second kappa shape index (κ2) is 9.88.